The van der Waals surface area contributed by atoms with Crippen molar-refractivity contribution in [3.05, 3.63) is 48.0 Å². The number of carbonyl (C=O) groups excluding carboxylic acids is 2. The van der Waals surface area contributed by atoms with Crippen LogP contribution in [0.3, 0.4) is 0 Å². The van der Waals surface area contributed by atoms with E-state index in [2.05, 4.69) is 0 Å². The molecule has 0 bridgehead atoms. The summed E-state index contributed by atoms with van der Waals surface area (Å²) >= 11 is 0. The first-order valence-corrected chi connectivity index (χ1v) is 9.59. The monoisotopic (exact) mass is 414 g/mol. The number of likely N-dealkylation sites (tertiary alicyclic amines) is 1. The number of benzene rings is 2. The number of hydrogen-bond acceptors (Lipinski definition) is 6. The number of ether oxygens (including phenoxy) is 3. The van der Waals surface area contributed by atoms with E-state index < -0.39 is 17.4 Å². The van der Waals surface area contributed by atoms with E-state index in [0.717, 1.165) is 5.56 Å². The summed E-state index contributed by atoms with van der Waals surface area (Å²) in [6.07, 6.45) is 0.574. The molecule has 0 radical (unpaired) electrons. The third-order valence-electron chi connectivity index (χ3n) is 5.62. The van der Waals surface area contributed by atoms with Crippen LogP contribution in [-0.2, 0) is 15.0 Å². The largest absolute Gasteiger partial charge is 0.493 e. The Kier molecular flexibility index (Phi) is 6.17. The quantitative estimate of drug-likeness (QED) is 0.534. The predicted molar refractivity (Wildman–Crippen MR) is 109 cm³/mol. The van der Waals surface area contributed by atoms with E-state index in [0.29, 0.717) is 36.0 Å². The van der Waals surface area contributed by atoms with Crippen molar-refractivity contribution in [2.45, 2.75) is 31.7 Å². The molecule has 2 aromatic rings. The normalized spacial score (nSPS) is 19.4. The van der Waals surface area contributed by atoms with E-state index in [1.165, 1.54) is 4.90 Å². The Morgan fingerprint density at radius 2 is 1.73 bits per heavy atom. The van der Waals surface area contributed by atoms with Gasteiger partial charge in [0.1, 0.15) is 17.5 Å². The smallest absolute Gasteiger partial charge is 0.265 e. The van der Waals surface area contributed by atoms with Crippen LogP contribution in [0, 0.1) is 0 Å². The van der Waals surface area contributed by atoms with Crippen LogP contribution in [0.4, 0.5) is 0 Å². The molecule has 3 rings (SSSR count). The molecule has 2 amide bonds. The highest BCUT2D eigenvalue weighted by molar-refractivity contribution is 5.94. The fraction of sp³-hybridized carbons (Fsp3) is 0.364. The minimum absolute atomic E-state index is 0.146. The zero-order valence-corrected chi connectivity index (χ0v) is 17.5. The number of carbonyl (C=O) groups is 2. The van der Waals surface area contributed by atoms with Crippen LogP contribution in [0.25, 0.3) is 0 Å². The summed E-state index contributed by atoms with van der Waals surface area (Å²) in [5.41, 5.74) is 1.70. The molecule has 0 aromatic heterocycles. The Morgan fingerprint density at radius 1 is 1.10 bits per heavy atom. The third kappa shape index (κ3) is 3.91. The van der Waals surface area contributed by atoms with Crippen LogP contribution >= 0.6 is 0 Å². The lowest BCUT2D eigenvalue weighted by atomic mass is 9.81. The Hall–Kier alpha value is -3.26. The highest BCUT2D eigenvalue weighted by Gasteiger charge is 2.46. The zero-order valence-electron chi connectivity index (χ0n) is 17.5. The Labute approximate surface area is 175 Å². The summed E-state index contributed by atoms with van der Waals surface area (Å²) in [7, 11) is 3.13. The molecule has 0 spiro atoms. The van der Waals surface area contributed by atoms with Crippen molar-refractivity contribution >= 4 is 11.8 Å². The molecule has 0 aliphatic carbocycles. The van der Waals surface area contributed by atoms with Crippen LogP contribution in [0.1, 0.15) is 25.8 Å². The number of amides is 2. The molecule has 160 valence electrons. The summed E-state index contributed by atoms with van der Waals surface area (Å²) in [5.74, 6) is 1.64. The van der Waals surface area contributed by atoms with E-state index in [1.807, 2.05) is 19.1 Å². The molecule has 2 aromatic carbocycles. The van der Waals surface area contributed by atoms with Crippen molar-refractivity contribution in [1.29, 1.82) is 0 Å². The first-order chi connectivity index (χ1) is 14.3. The Morgan fingerprint density at radius 3 is 2.33 bits per heavy atom. The fourth-order valence-electron chi connectivity index (χ4n) is 3.65. The van der Waals surface area contributed by atoms with Crippen molar-refractivity contribution < 1.29 is 29.0 Å². The minimum Gasteiger partial charge on any atom is -0.493 e. The van der Waals surface area contributed by atoms with Gasteiger partial charge < -0.3 is 19.1 Å². The van der Waals surface area contributed by atoms with Gasteiger partial charge in [0.2, 0.25) is 5.91 Å². The standard InChI is InChI=1S/C22H26N2O6/c1-14(20(25)23-27)24-12-11-22(2,21(24)26)15-5-7-16(8-6-15)30-17-9-10-18(28-3)19(13-17)29-4/h5-10,13-14,27H,11-12H2,1-4H3,(H,23,25). The number of hydroxylamine groups is 1. The molecule has 30 heavy (non-hydrogen) atoms. The molecule has 1 saturated heterocycles. The van der Waals surface area contributed by atoms with Gasteiger partial charge in [-0.2, -0.15) is 0 Å². The average molecular weight is 414 g/mol. The number of nitrogens with one attached hydrogen (secondary N) is 1. The van der Waals surface area contributed by atoms with Crippen LogP contribution < -0.4 is 19.7 Å². The summed E-state index contributed by atoms with van der Waals surface area (Å²) in [6, 6.07) is 11.9. The van der Waals surface area contributed by atoms with Gasteiger partial charge in [-0.05, 0) is 50.1 Å². The van der Waals surface area contributed by atoms with E-state index in [-0.39, 0.29) is 5.91 Å². The van der Waals surface area contributed by atoms with Crippen molar-refractivity contribution in [3.8, 4) is 23.0 Å². The third-order valence-corrected chi connectivity index (χ3v) is 5.62. The number of hydrogen-bond donors (Lipinski definition) is 2. The van der Waals surface area contributed by atoms with E-state index in [1.54, 1.807) is 57.0 Å². The van der Waals surface area contributed by atoms with Gasteiger partial charge in [0.05, 0.1) is 19.6 Å². The lowest BCUT2D eigenvalue weighted by molar-refractivity contribution is -0.143. The summed E-state index contributed by atoms with van der Waals surface area (Å²) in [5, 5.41) is 8.85. The molecule has 1 aliphatic heterocycles. The highest BCUT2D eigenvalue weighted by atomic mass is 16.5. The lowest BCUT2D eigenvalue weighted by Crippen LogP contribution is -2.47. The van der Waals surface area contributed by atoms with Crippen molar-refractivity contribution in [1.82, 2.24) is 10.4 Å². The first kappa shape index (κ1) is 21.4. The number of nitrogens with zero attached hydrogens (tertiary/aromatic N) is 1. The molecular formula is C22H26N2O6. The summed E-state index contributed by atoms with van der Waals surface area (Å²) in [4.78, 5) is 26.2. The van der Waals surface area contributed by atoms with Gasteiger partial charge in [-0.3, -0.25) is 14.8 Å². The molecule has 2 atom stereocenters. The molecule has 0 saturated carbocycles. The SMILES string of the molecule is COc1ccc(Oc2ccc(C3(C)CCN(C(C)C(=O)NO)C3=O)cc2)cc1OC. The van der Waals surface area contributed by atoms with Gasteiger partial charge in [0.25, 0.3) is 5.91 Å². The number of methoxy groups -OCH3 is 2. The van der Waals surface area contributed by atoms with Gasteiger partial charge in [-0.1, -0.05) is 12.1 Å². The summed E-state index contributed by atoms with van der Waals surface area (Å²) in [6.45, 7) is 3.90. The van der Waals surface area contributed by atoms with Gasteiger partial charge in [-0.15, -0.1) is 0 Å². The van der Waals surface area contributed by atoms with E-state index >= 15 is 0 Å². The highest BCUT2D eigenvalue weighted by Crippen LogP contribution is 2.38. The molecule has 2 unspecified atom stereocenters. The lowest BCUT2D eigenvalue weighted by Gasteiger charge is -2.27. The van der Waals surface area contributed by atoms with Gasteiger partial charge in [-0.25, -0.2) is 5.48 Å². The topological polar surface area (TPSA) is 97.3 Å². The van der Waals surface area contributed by atoms with Crippen molar-refractivity contribution in [3.63, 3.8) is 0 Å². The maximum absolute atomic E-state index is 13.0. The maximum Gasteiger partial charge on any atom is 0.265 e. The van der Waals surface area contributed by atoms with Crippen LogP contribution in [-0.4, -0.2) is 48.7 Å². The molecular weight excluding hydrogens is 388 g/mol. The van der Waals surface area contributed by atoms with Gasteiger partial charge in [0, 0.05) is 12.6 Å². The predicted octanol–water partition coefficient (Wildman–Crippen LogP) is 2.88. The van der Waals surface area contributed by atoms with Crippen LogP contribution in [0.5, 0.6) is 23.0 Å². The van der Waals surface area contributed by atoms with Crippen LogP contribution in [0.2, 0.25) is 0 Å². The summed E-state index contributed by atoms with van der Waals surface area (Å²) < 4.78 is 16.4. The second kappa shape index (κ2) is 8.62. The Balaban J connectivity index is 1.76. The zero-order chi connectivity index (χ0) is 21.9. The molecule has 8 nitrogen and oxygen atoms in total. The van der Waals surface area contributed by atoms with Gasteiger partial charge >= 0.3 is 0 Å². The van der Waals surface area contributed by atoms with Crippen molar-refractivity contribution in [2.75, 3.05) is 20.8 Å². The second-order valence-corrected chi connectivity index (χ2v) is 7.38. The maximum atomic E-state index is 13.0. The first-order valence-electron chi connectivity index (χ1n) is 9.59. The minimum atomic E-state index is -0.744. The average Bonchev–Trinajstić information content (AvgIpc) is 3.08. The molecule has 2 N–H and O–H groups in total. The van der Waals surface area contributed by atoms with E-state index in [9.17, 15) is 9.59 Å². The van der Waals surface area contributed by atoms with Crippen LogP contribution in [0.15, 0.2) is 42.5 Å². The fourth-order valence-corrected chi connectivity index (χ4v) is 3.65. The number of rotatable bonds is 7. The van der Waals surface area contributed by atoms with Crippen molar-refractivity contribution in [2.24, 2.45) is 0 Å². The second-order valence-electron chi connectivity index (χ2n) is 7.38. The molecule has 1 heterocycles. The van der Waals surface area contributed by atoms with E-state index in [4.69, 9.17) is 19.4 Å². The van der Waals surface area contributed by atoms with Gasteiger partial charge in [0.15, 0.2) is 11.5 Å². The molecule has 8 heteroatoms. The molecule has 1 aliphatic rings. The Bertz CT molecular complexity index is 930. The molecule has 1 fully saturated rings.